The predicted octanol–water partition coefficient (Wildman–Crippen LogP) is 5.16. The molecule has 0 spiro atoms. The number of pyridine rings is 2. The highest BCUT2D eigenvalue weighted by atomic mass is 19.1. The maximum atomic E-state index is 14.0. The number of nitrogens with two attached hydrogens (primary N) is 1. The third kappa shape index (κ3) is 5.92. The molecule has 3 aromatic carbocycles. The first-order chi connectivity index (χ1) is 23.4. The number of aromatic nitrogens is 4. The van der Waals surface area contributed by atoms with Crippen molar-refractivity contribution in [2.45, 2.75) is 6.54 Å². The second-order valence-corrected chi connectivity index (χ2v) is 11.3. The molecule has 0 radical (unpaired) electrons. The first-order valence-corrected chi connectivity index (χ1v) is 15.3. The molecule has 12 heteroatoms. The summed E-state index contributed by atoms with van der Waals surface area (Å²) < 4.78 is 21.5. The highest BCUT2D eigenvalue weighted by Crippen LogP contribution is 2.32. The van der Waals surface area contributed by atoms with Gasteiger partial charge in [0.25, 0.3) is 5.91 Å². The number of phenolic OH excluding ortho intramolecular Hbond substituents is 1. The molecule has 0 aliphatic carbocycles. The Balaban J connectivity index is 1.22. The average Bonchev–Trinajstić information content (AvgIpc) is 3.51. The highest BCUT2D eigenvalue weighted by molar-refractivity contribution is 5.96. The zero-order chi connectivity index (χ0) is 33.2. The van der Waals surface area contributed by atoms with Gasteiger partial charge in [0.15, 0.2) is 29.3 Å². The molecule has 3 aromatic heterocycles. The molecule has 0 saturated carbocycles. The molecule has 240 valence electrons. The van der Waals surface area contributed by atoms with Gasteiger partial charge in [-0.3, -0.25) is 14.2 Å². The molecule has 6 aromatic rings. The van der Waals surface area contributed by atoms with Crippen LogP contribution in [0.4, 0.5) is 15.9 Å². The maximum absolute atomic E-state index is 14.0. The van der Waals surface area contributed by atoms with E-state index in [-0.39, 0.29) is 17.7 Å². The van der Waals surface area contributed by atoms with Gasteiger partial charge in [-0.2, -0.15) is 0 Å². The zero-order valence-electron chi connectivity index (χ0n) is 25.6. The van der Waals surface area contributed by atoms with Crippen molar-refractivity contribution in [3.63, 3.8) is 0 Å². The lowest BCUT2D eigenvalue weighted by Gasteiger charge is -2.29. The van der Waals surface area contributed by atoms with Crippen molar-refractivity contribution in [2.24, 2.45) is 0 Å². The SMILES string of the molecule is Nc1ncccc1-c1nc2ccc(-c3cccc(N4CCOCC4)c3)nc2n1-c1ccc(CNC(=O)c2cc(F)c(O)c(C=O)c2)cc1. The minimum absolute atomic E-state index is 0.0787. The summed E-state index contributed by atoms with van der Waals surface area (Å²) in [5.41, 5.74) is 12.3. The Hall–Kier alpha value is -6.14. The third-order valence-electron chi connectivity index (χ3n) is 8.23. The van der Waals surface area contributed by atoms with Gasteiger partial charge in [0.05, 0.1) is 30.0 Å². The van der Waals surface area contributed by atoms with Crippen LogP contribution in [0.5, 0.6) is 5.75 Å². The molecule has 0 unspecified atom stereocenters. The summed E-state index contributed by atoms with van der Waals surface area (Å²) in [5, 5.41) is 12.4. The number of amides is 1. The molecule has 1 amide bonds. The fourth-order valence-corrected chi connectivity index (χ4v) is 5.72. The molecule has 0 bridgehead atoms. The molecule has 48 heavy (non-hydrogen) atoms. The molecule has 1 fully saturated rings. The van der Waals surface area contributed by atoms with E-state index in [0.717, 1.165) is 53.4 Å². The standard InChI is InChI=1S/C36H30FN7O4/c37-29-19-24(17-25(21-45)32(29)46)36(47)40-20-22-6-8-26(9-7-22)44-34(28-5-2-12-39-33(28)38)42-31-11-10-30(41-35(31)44)23-3-1-4-27(18-23)43-13-15-48-16-14-43/h1-12,17-19,21,46H,13-16,20H2,(H2,38,39)(H,40,47). The Labute approximate surface area is 274 Å². The molecule has 1 saturated heterocycles. The van der Waals surface area contributed by atoms with E-state index in [2.05, 4.69) is 27.3 Å². The van der Waals surface area contributed by atoms with Crippen LogP contribution in [0.1, 0.15) is 26.3 Å². The lowest BCUT2D eigenvalue weighted by atomic mass is 10.1. The van der Waals surface area contributed by atoms with Gasteiger partial charge in [0, 0.05) is 48.3 Å². The second kappa shape index (κ2) is 12.9. The topological polar surface area (TPSA) is 148 Å². The number of fused-ring (bicyclic) bond motifs is 1. The summed E-state index contributed by atoms with van der Waals surface area (Å²) in [7, 11) is 0. The lowest BCUT2D eigenvalue weighted by Crippen LogP contribution is -2.36. The van der Waals surface area contributed by atoms with Crippen LogP contribution >= 0.6 is 0 Å². The number of nitrogen functional groups attached to an aromatic ring is 1. The molecular weight excluding hydrogens is 613 g/mol. The largest absolute Gasteiger partial charge is 0.504 e. The first kappa shape index (κ1) is 30.5. The number of hydrogen-bond donors (Lipinski definition) is 3. The summed E-state index contributed by atoms with van der Waals surface area (Å²) in [4.78, 5) is 40.5. The van der Waals surface area contributed by atoms with E-state index in [0.29, 0.717) is 47.9 Å². The molecule has 4 N–H and O–H groups in total. The number of rotatable bonds is 8. The van der Waals surface area contributed by atoms with E-state index in [4.69, 9.17) is 20.4 Å². The van der Waals surface area contributed by atoms with Gasteiger partial charge in [-0.25, -0.2) is 19.3 Å². The van der Waals surface area contributed by atoms with Crippen LogP contribution in [0, 0.1) is 5.82 Å². The van der Waals surface area contributed by atoms with Gasteiger partial charge in [-0.1, -0.05) is 24.3 Å². The van der Waals surface area contributed by atoms with Gasteiger partial charge >= 0.3 is 0 Å². The van der Waals surface area contributed by atoms with E-state index < -0.39 is 17.5 Å². The fraction of sp³-hybridized carbons (Fsp3) is 0.139. The third-order valence-corrected chi connectivity index (χ3v) is 8.23. The minimum Gasteiger partial charge on any atom is -0.504 e. The van der Waals surface area contributed by atoms with Crippen LogP contribution in [-0.4, -0.2) is 63.1 Å². The number of carbonyl (C=O) groups is 2. The number of imidazole rings is 1. The Morgan fingerprint density at radius 2 is 1.79 bits per heavy atom. The molecule has 11 nitrogen and oxygen atoms in total. The summed E-state index contributed by atoms with van der Waals surface area (Å²) in [6, 6.07) is 25.3. The number of carbonyl (C=O) groups excluding carboxylic acids is 2. The van der Waals surface area contributed by atoms with Crippen molar-refractivity contribution in [3.05, 3.63) is 114 Å². The number of phenols is 1. The van der Waals surface area contributed by atoms with Crippen LogP contribution in [0.25, 0.3) is 39.5 Å². The van der Waals surface area contributed by atoms with E-state index in [9.17, 15) is 19.1 Å². The zero-order valence-corrected chi connectivity index (χ0v) is 25.6. The molecule has 1 aliphatic rings. The van der Waals surface area contributed by atoms with Gasteiger partial charge in [0.2, 0.25) is 0 Å². The number of nitrogens with zero attached hydrogens (tertiary/aromatic N) is 5. The minimum atomic E-state index is -1.05. The van der Waals surface area contributed by atoms with Crippen molar-refractivity contribution in [1.29, 1.82) is 0 Å². The summed E-state index contributed by atoms with van der Waals surface area (Å²) in [5.74, 6) is -1.53. The van der Waals surface area contributed by atoms with Crippen molar-refractivity contribution in [1.82, 2.24) is 24.8 Å². The van der Waals surface area contributed by atoms with Crippen LogP contribution < -0.4 is 16.0 Å². The van der Waals surface area contributed by atoms with Gasteiger partial charge in [-0.15, -0.1) is 0 Å². The highest BCUT2D eigenvalue weighted by Gasteiger charge is 2.20. The maximum Gasteiger partial charge on any atom is 0.251 e. The molecule has 0 atom stereocenters. The number of nitrogens with one attached hydrogen (secondary N) is 1. The number of hydrogen-bond acceptors (Lipinski definition) is 9. The van der Waals surface area contributed by atoms with Gasteiger partial charge < -0.3 is 25.8 Å². The number of benzene rings is 3. The number of anilines is 2. The Morgan fingerprint density at radius 3 is 2.56 bits per heavy atom. The second-order valence-electron chi connectivity index (χ2n) is 11.3. The van der Waals surface area contributed by atoms with E-state index >= 15 is 0 Å². The van der Waals surface area contributed by atoms with Gasteiger partial charge in [-0.05, 0) is 66.2 Å². The van der Waals surface area contributed by atoms with Crippen LogP contribution in [0.3, 0.4) is 0 Å². The molecular formula is C36H30FN7O4. The Kier molecular flexibility index (Phi) is 8.22. The Bertz CT molecular complexity index is 2160. The monoisotopic (exact) mass is 643 g/mol. The summed E-state index contributed by atoms with van der Waals surface area (Å²) >= 11 is 0. The number of morpholine rings is 1. The van der Waals surface area contributed by atoms with Crippen LogP contribution in [-0.2, 0) is 11.3 Å². The molecule has 1 aliphatic heterocycles. The normalized spacial score (nSPS) is 13.1. The first-order valence-electron chi connectivity index (χ1n) is 15.3. The van der Waals surface area contributed by atoms with Gasteiger partial charge in [0.1, 0.15) is 11.3 Å². The smallest absolute Gasteiger partial charge is 0.251 e. The fourth-order valence-electron chi connectivity index (χ4n) is 5.72. The average molecular weight is 644 g/mol. The van der Waals surface area contributed by atoms with Crippen molar-refractivity contribution < 1.29 is 23.8 Å². The summed E-state index contributed by atoms with van der Waals surface area (Å²) in [6.07, 6.45) is 1.92. The van der Waals surface area contributed by atoms with Crippen molar-refractivity contribution in [3.8, 4) is 34.1 Å². The number of aldehydes is 1. The molecule has 4 heterocycles. The lowest BCUT2D eigenvalue weighted by molar-refractivity contribution is 0.0950. The van der Waals surface area contributed by atoms with Crippen molar-refractivity contribution in [2.75, 3.05) is 36.9 Å². The molecule has 7 rings (SSSR count). The van der Waals surface area contributed by atoms with Crippen LogP contribution in [0.15, 0.2) is 91.1 Å². The summed E-state index contributed by atoms with van der Waals surface area (Å²) in [6.45, 7) is 3.18. The van der Waals surface area contributed by atoms with E-state index in [1.165, 1.54) is 0 Å². The predicted molar refractivity (Wildman–Crippen MR) is 180 cm³/mol. The quantitative estimate of drug-likeness (QED) is 0.191. The Morgan fingerprint density at radius 1 is 0.979 bits per heavy atom. The van der Waals surface area contributed by atoms with E-state index in [1.807, 2.05) is 59.2 Å². The van der Waals surface area contributed by atoms with Crippen LogP contribution in [0.2, 0.25) is 0 Å². The number of halogens is 1. The number of ether oxygens (including phenoxy) is 1. The van der Waals surface area contributed by atoms with E-state index in [1.54, 1.807) is 12.3 Å². The number of aromatic hydroxyl groups is 1. The van der Waals surface area contributed by atoms with Crippen molar-refractivity contribution >= 4 is 34.9 Å².